The van der Waals surface area contributed by atoms with E-state index in [1.54, 1.807) is 10.7 Å². The highest BCUT2D eigenvalue weighted by Crippen LogP contribution is 2.40. The summed E-state index contributed by atoms with van der Waals surface area (Å²) in [6.07, 6.45) is -0.822. The van der Waals surface area contributed by atoms with Crippen LogP contribution in [0, 0.1) is 0 Å². The fraction of sp³-hybridized carbons (Fsp3) is 0.158. The number of hydrogen-bond acceptors (Lipinski definition) is 6. The molecule has 7 heteroatoms. The van der Waals surface area contributed by atoms with Crippen LogP contribution in [0.3, 0.4) is 0 Å². The van der Waals surface area contributed by atoms with Crippen molar-refractivity contribution in [3.63, 3.8) is 0 Å². The van der Waals surface area contributed by atoms with Gasteiger partial charge in [-0.1, -0.05) is 30.3 Å². The van der Waals surface area contributed by atoms with Gasteiger partial charge in [0.05, 0.1) is 24.1 Å². The van der Waals surface area contributed by atoms with Crippen molar-refractivity contribution in [3.05, 3.63) is 63.8 Å². The second kappa shape index (κ2) is 6.34. The fourth-order valence-electron chi connectivity index (χ4n) is 3.13. The Kier molecular flexibility index (Phi) is 4.00. The van der Waals surface area contributed by atoms with Gasteiger partial charge in [-0.05, 0) is 28.6 Å². The molecule has 2 aromatic heterocycles. The normalized spacial score (nSPS) is 12.3. The van der Waals surface area contributed by atoms with E-state index in [1.807, 2.05) is 53.8 Å². The average molecular weight is 368 g/mol. The maximum absolute atomic E-state index is 13.2. The van der Waals surface area contributed by atoms with Gasteiger partial charge in [0.25, 0.3) is 5.56 Å². The Morgan fingerprint density at radius 2 is 1.96 bits per heavy atom. The molecule has 0 saturated carbocycles. The molecule has 0 unspecified atom stereocenters. The van der Waals surface area contributed by atoms with Crippen LogP contribution in [0.1, 0.15) is 5.56 Å². The van der Waals surface area contributed by atoms with E-state index in [0.717, 1.165) is 16.0 Å². The van der Waals surface area contributed by atoms with Gasteiger partial charge in [0, 0.05) is 7.05 Å². The van der Waals surface area contributed by atoms with E-state index in [4.69, 9.17) is 4.74 Å². The minimum atomic E-state index is -0.822. The second-order valence-corrected chi connectivity index (χ2v) is 6.82. The molecule has 0 radical (unpaired) electrons. The number of pyridine rings is 1. The molecule has 1 aromatic carbocycles. The molecule has 0 N–H and O–H groups in total. The standard InChI is InChI=1S/C19H16N2O4S/c1-20-11-13-8-9-26-17(13)16-15(25-19(23)24-2)10-14(18(22)21(16)20)12-6-4-3-5-7-12/h3-10H,11H2,1-2H3. The molecule has 3 heterocycles. The summed E-state index contributed by atoms with van der Waals surface area (Å²) in [6.45, 7) is 0.599. The van der Waals surface area contributed by atoms with Gasteiger partial charge in [-0.15, -0.1) is 11.3 Å². The van der Waals surface area contributed by atoms with Crippen LogP contribution in [0.2, 0.25) is 0 Å². The first-order chi connectivity index (χ1) is 12.6. The summed E-state index contributed by atoms with van der Waals surface area (Å²) in [5, 5.41) is 3.79. The Morgan fingerprint density at radius 3 is 2.69 bits per heavy atom. The number of rotatable bonds is 2. The number of ether oxygens (including phenoxy) is 2. The summed E-state index contributed by atoms with van der Waals surface area (Å²) < 4.78 is 11.6. The number of methoxy groups -OCH3 is 1. The van der Waals surface area contributed by atoms with Gasteiger partial charge in [-0.2, -0.15) is 0 Å². The molecule has 6 nitrogen and oxygen atoms in total. The lowest BCUT2D eigenvalue weighted by Crippen LogP contribution is -2.42. The van der Waals surface area contributed by atoms with Gasteiger partial charge in [0.15, 0.2) is 5.75 Å². The maximum Gasteiger partial charge on any atom is 0.513 e. The number of aromatic nitrogens is 1. The molecule has 3 aromatic rings. The van der Waals surface area contributed by atoms with Crippen LogP contribution in [0.15, 0.2) is 52.6 Å². The molecule has 132 valence electrons. The SMILES string of the molecule is COC(=O)Oc1cc(-c2ccccc2)c(=O)n2c1-c1sccc1CN2C. The van der Waals surface area contributed by atoms with Gasteiger partial charge in [0.2, 0.25) is 0 Å². The van der Waals surface area contributed by atoms with E-state index in [2.05, 4.69) is 4.74 Å². The number of hydrogen-bond donors (Lipinski definition) is 0. The van der Waals surface area contributed by atoms with Crippen molar-refractivity contribution < 1.29 is 14.3 Å². The Labute approximate surface area is 153 Å². The van der Waals surface area contributed by atoms with Crippen LogP contribution < -0.4 is 15.3 Å². The van der Waals surface area contributed by atoms with E-state index >= 15 is 0 Å². The molecule has 1 aliphatic rings. The zero-order valence-electron chi connectivity index (χ0n) is 14.3. The summed E-state index contributed by atoms with van der Waals surface area (Å²) >= 11 is 1.51. The summed E-state index contributed by atoms with van der Waals surface area (Å²) in [5.74, 6) is 0.297. The number of nitrogens with zero attached hydrogens (tertiary/aromatic N) is 2. The van der Waals surface area contributed by atoms with Crippen LogP contribution >= 0.6 is 11.3 Å². The monoisotopic (exact) mass is 368 g/mol. The van der Waals surface area contributed by atoms with E-state index in [1.165, 1.54) is 18.4 Å². The van der Waals surface area contributed by atoms with Crippen molar-refractivity contribution >= 4 is 17.5 Å². The third kappa shape index (κ3) is 2.57. The highest BCUT2D eigenvalue weighted by atomic mass is 32.1. The second-order valence-electron chi connectivity index (χ2n) is 5.90. The number of benzene rings is 1. The lowest BCUT2D eigenvalue weighted by molar-refractivity contribution is 0.121. The molecule has 0 spiro atoms. The van der Waals surface area contributed by atoms with E-state index in [9.17, 15) is 9.59 Å². The third-order valence-corrected chi connectivity index (χ3v) is 5.25. The average Bonchev–Trinajstić information content (AvgIpc) is 3.12. The van der Waals surface area contributed by atoms with Crippen LogP contribution in [0.4, 0.5) is 4.79 Å². The predicted octanol–water partition coefficient (Wildman–Crippen LogP) is 3.47. The van der Waals surface area contributed by atoms with Gasteiger partial charge in [-0.25, -0.2) is 9.47 Å². The molecule has 0 bridgehead atoms. The smallest absolute Gasteiger partial charge is 0.437 e. The predicted molar refractivity (Wildman–Crippen MR) is 100 cm³/mol. The molecule has 4 rings (SSSR count). The first-order valence-electron chi connectivity index (χ1n) is 7.99. The minimum Gasteiger partial charge on any atom is -0.437 e. The highest BCUT2D eigenvalue weighted by molar-refractivity contribution is 7.13. The Hall–Kier alpha value is -3.06. The van der Waals surface area contributed by atoms with Crippen LogP contribution in [0.25, 0.3) is 21.7 Å². The van der Waals surface area contributed by atoms with Crippen LogP contribution in [-0.4, -0.2) is 25.0 Å². The van der Waals surface area contributed by atoms with Crippen molar-refractivity contribution in [2.75, 3.05) is 19.2 Å². The van der Waals surface area contributed by atoms with Crippen molar-refractivity contribution in [3.8, 4) is 27.4 Å². The number of thiophene rings is 1. The molecule has 0 aliphatic carbocycles. The Morgan fingerprint density at radius 1 is 1.19 bits per heavy atom. The van der Waals surface area contributed by atoms with Gasteiger partial charge in [0.1, 0.15) is 5.69 Å². The number of carbonyl (C=O) groups is 1. The first-order valence-corrected chi connectivity index (χ1v) is 8.87. The van der Waals surface area contributed by atoms with Crippen molar-refractivity contribution in [1.82, 2.24) is 4.68 Å². The van der Waals surface area contributed by atoms with E-state index in [-0.39, 0.29) is 5.56 Å². The molecule has 26 heavy (non-hydrogen) atoms. The van der Waals surface area contributed by atoms with Crippen molar-refractivity contribution in [2.24, 2.45) is 0 Å². The summed E-state index contributed by atoms with van der Waals surface area (Å²) in [6, 6.07) is 12.9. The molecule has 1 aliphatic heterocycles. The van der Waals surface area contributed by atoms with Gasteiger partial charge >= 0.3 is 6.16 Å². The largest absolute Gasteiger partial charge is 0.513 e. The first kappa shape index (κ1) is 16.4. The molecule has 0 amide bonds. The van der Waals surface area contributed by atoms with Crippen molar-refractivity contribution in [2.45, 2.75) is 6.54 Å². The highest BCUT2D eigenvalue weighted by Gasteiger charge is 2.28. The Bertz CT molecular complexity index is 1040. The summed E-state index contributed by atoms with van der Waals surface area (Å²) in [5.41, 5.74) is 2.70. The maximum atomic E-state index is 13.2. The van der Waals surface area contributed by atoms with E-state index in [0.29, 0.717) is 23.6 Å². The van der Waals surface area contributed by atoms with E-state index < -0.39 is 6.16 Å². The van der Waals surface area contributed by atoms with Crippen LogP contribution in [-0.2, 0) is 11.3 Å². The quantitative estimate of drug-likeness (QED) is 0.648. The number of fused-ring (bicyclic) bond motifs is 3. The minimum absolute atomic E-state index is 0.162. The topological polar surface area (TPSA) is 60.8 Å². The zero-order valence-corrected chi connectivity index (χ0v) is 15.1. The molecule has 0 atom stereocenters. The van der Waals surface area contributed by atoms with Gasteiger partial charge < -0.3 is 14.5 Å². The summed E-state index contributed by atoms with van der Waals surface area (Å²) in [7, 11) is 3.09. The Balaban J connectivity index is 2.03. The zero-order chi connectivity index (χ0) is 18.3. The van der Waals surface area contributed by atoms with Crippen molar-refractivity contribution in [1.29, 1.82) is 0 Å². The molecule has 0 saturated heterocycles. The van der Waals surface area contributed by atoms with Gasteiger partial charge in [-0.3, -0.25) is 4.79 Å². The lowest BCUT2D eigenvalue weighted by atomic mass is 10.0. The molecular formula is C19H16N2O4S. The fourth-order valence-corrected chi connectivity index (χ4v) is 4.09. The third-order valence-electron chi connectivity index (χ3n) is 4.29. The van der Waals surface area contributed by atoms with Crippen LogP contribution in [0.5, 0.6) is 5.75 Å². The molecule has 0 fully saturated rings. The number of carbonyl (C=O) groups excluding carboxylic acids is 1. The summed E-state index contributed by atoms with van der Waals surface area (Å²) in [4.78, 5) is 25.9. The lowest BCUT2D eigenvalue weighted by Gasteiger charge is -2.31. The molecular weight excluding hydrogens is 352 g/mol.